The number of hydrogen-bond acceptors (Lipinski definition) is 4. The van der Waals surface area contributed by atoms with Crippen LogP contribution < -0.4 is 10.5 Å². The van der Waals surface area contributed by atoms with Crippen LogP contribution in [0.3, 0.4) is 0 Å². The molecule has 3 N–H and O–H groups in total. The summed E-state index contributed by atoms with van der Waals surface area (Å²) < 4.78 is 53.6. The van der Waals surface area contributed by atoms with E-state index in [-0.39, 0.29) is 15.2 Å². The molecule has 21 heavy (non-hydrogen) atoms. The van der Waals surface area contributed by atoms with Crippen LogP contribution in [0.1, 0.15) is 0 Å². The lowest BCUT2D eigenvalue weighted by Gasteiger charge is -2.12. The molecule has 0 spiro atoms. The molecule has 0 unspecified atom stereocenters. The standard InChI is InChI=1S/C11H7BrClF2N3O2S/c12-9-5(13)3-8(10(15)11(9)16)21(19,20)18-7-1-2-17-4-6(7)14/h1-4H,16H2,(H,17,18). The van der Waals surface area contributed by atoms with Crippen molar-refractivity contribution in [3.8, 4) is 0 Å². The molecule has 2 aromatic rings. The van der Waals surface area contributed by atoms with E-state index in [2.05, 4.69) is 20.9 Å². The van der Waals surface area contributed by atoms with Crippen molar-refractivity contribution in [2.45, 2.75) is 4.90 Å². The van der Waals surface area contributed by atoms with Gasteiger partial charge in [0.2, 0.25) is 0 Å². The fraction of sp³-hybridized carbons (Fsp3) is 0. The van der Waals surface area contributed by atoms with Gasteiger partial charge in [0.25, 0.3) is 10.0 Å². The van der Waals surface area contributed by atoms with Gasteiger partial charge in [-0.15, -0.1) is 0 Å². The highest BCUT2D eigenvalue weighted by Crippen LogP contribution is 2.35. The van der Waals surface area contributed by atoms with Gasteiger partial charge in [0, 0.05) is 6.20 Å². The maximum atomic E-state index is 14.0. The van der Waals surface area contributed by atoms with E-state index in [4.69, 9.17) is 17.3 Å². The lowest BCUT2D eigenvalue weighted by atomic mass is 10.3. The van der Waals surface area contributed by atoms with Crippen LogP contribution in [0, 0.1) is 11.6 Å². The first-order chi connectivity index (χ1) is 9.74. The largest absolute Gasteiger partial charge is 0.395 e. The van der Waals surface area contributed by atoms with E-state index in [1.165, 1.54) is 6.20 Å². The minimum Gasteiger partial charge on any atom is -0.395 e. The number of aromatic nitrogens is 1. The van der Waals surface area contributed by atoms with E-state index in [9.17, 15) is 17.2 Å². The molecule has 0 atom stereocenters. The summed E-state index contributed by atoms with van der Waals surface area (Å²) in [7, 11) is -4.41. The minimum absolute atomic E-state index is 0.0377. The number of rotatable bonds is 3. The molecular weight excluding hydrogens is 392 g/mol. The molecule has 0 amide bonds. The van der Waals surface area contributed by atoms with E-state index in [0.29, 0.717) is 0 Å². The maximum Gasteiger partial charge on any atom is 0.265 e. The highest BCUT2D eigenvalue weighted by atomic mass is 79.9. The number of halogens is 4. The fourth-order valence-corrected chi connectivity index (χ4v) is 3.20. The van der Waals surface area contributed by atoms with Crippen molar-refractivity contribution in [3.63, 3.8) is 0 Å². The molecule has 5 nitrogen and oxygen atoms in total. The van der Waals surface area contributed by atoms with Gasteiger partial charge in [0.1, 0.15) is 4.90 Å². The Balaban J connectivity index is 2.53. The molecular formula is C11H7BrClF2N3O2S. The summed E-state index contributed by atoms with van der Waals surface area (Å²) in [6.45, 7) is 0. The first kappa shape index (κ1) is 15.9. The summed E-state index contributed by atoms with van der Waals surface area (Å²) in [5, 5.41) is -0.0931. The van der Waals surface area contributed by atoms with Crippen LogP contribution >= 0.6 is 27.5 Å². The molecule has 0 aliphatic carbocycles. The molecule has 0 aliphatic rings. The van der Waals surface area contributed by atoms with Crippen LogP contribution in [0.5, 0.6) is 0 Å². The second-order valence-corrected chi connectivity index (χ2v) is 6.71. The summed E-state index contributed by atoms with van der Waals surface area (Å²) in [6, 6.07) is 1.97. The number of nitrogens with one attached hydrogen (secondary N) is 1. The normalized spacial score (nSPS) is 11.4. The Bertz CT molecular complexity index is 817. The Hall–Kier alpha value is -1.45. The van der Waals surface area contributed by atoms with Crippen LogP contribution in [-0.4, -0.2) is 13.4 Å². The maximum absolute atomic E-state index is 14.0. The number of hydrogen-bond donors (Lipinski definition) is 2. The van der Waals surface area contributed by atoms with Gasteiger partial charge in [0.15, 0.2) is 11.6 Å². The van der Waals surface area contributed by atoms with Crippen LogP contribution in [0.2, 0.25) is 5.02 Å². The van der Waals surface area contributed by atoms with Gasteiger partial charge in [-0.3, -0.25) is 9.71 Å². The predicted molar refractivity (Wildman–Crippen MR) is 78.5 cm³/mol. The second kappa shape index (κ2) is 5.74. The van der Waals surface area contributed by atoms with Gasteiger partial charge in [0.05, 0.1) is 27.1 Å². The van der Waals surface area contributed by atoms with E-state index in [0.717, 1.165) is 18.3 Å². The monoisotopic (exact) mass is 397 g/mol. The number of anilines is 2. The zero-order valence-electron chi connectivity index (χ0n) is 10.1. The molecule has 112 valence electrons. The van der Waals surface area contributed by atoms with Gasteiger partial charge in [-0.1, -0.05) is 11.6 Å². The average molecular weight is 399 g/mol. The number of sulfonamides is 1. The molecule has 10 heteroatoms. The molecule has 0 aliphatic heterocycles. The molecule has 2 rings (SSSR count). The first-order valence-electron chi connectivity index (χ1n) is 5.29. The number of nitrogens with zero attached hydrogens (tertiary/aromatic N) is 1. The zero-order valence-corrected chi connectivity index (χ0v) is 13.2. The number of benzene rings is 1. The Morgan fingerprint density at radius 2 is 2.05 bits per heavy atom. The number of pyridine rings is 1. The third kappa shape index (κ3) is 3.09. The van der Waals surface area contributed by atoms with Crippen LogP contribution in [0.15, 0.2) is 33.9 Å². The summed E-state index contributed by atoms with van der Waals surface area (Å²) in [6.07, 6.45) is 2.00. The van der Waals surface area contributed by atoms with Crippen molar-refractivity contribution in [1.82, 2.24) is 4.98 Å². The van der Waals surface area contributed by atoms with Crippen LogP contribution in [-0.2, 0) is 10.0 Å². The zero-order chi connectivity index (χ0) is 15.8. The van der Waals surface area contributed by atoms with Gasteiger partial charge >= 0.3 is 0 Å². The van der Waals surface area contributed by atoms with Crippen LogP contribution in [0.4, 0.5) is 20.2 Å². The third-order valence-corrected chi connectivity index (χ3v) is 5.21. The summed E-state index contributed by atoms with van der Waals surface area (Å²) >= 11 is 8.69. The quantitative estimate of drug-likeness (QED) is 0.614. The summed E-state index contributed by atoms with van der Waals surface area (Å²) in [5.41, 5.74) is 4.59. The van der Waals surface area contributed by atoms with Gasteiger partial charge in [-0.2, -0.15) is 0 Å². The smallest absolute Gasteiger partial charge is 0.265 e. The molecule has 0 radical (unpaired) electrons. The van der Waals surface area contributed by atoms with Crippen molar-refractivity contribution >= 4 is 48.9 Å². The lowest BCUT2D eigenvalue weighted by molar-refractivity contribution is 0.571. The third-order valence-electron chi connectivity index (χ3n) is 2.46. The highest BCUT2D eigenvalue weighted by Gasteiger charge is 2.25. The van der Waals surface area contributed by atoms with E-state index >= 15 is 0 Å². The predicted octanol–water partition coefficient (Wildman–Crippen LogP) is 3.16. The topological polar surface area (TPSA) is 85.1 Å². The first-order valence-corrected chi connectivity index (χ1v) is 7.94. The van der Waals surface area contributed by atoms with E-state index in [1.54, 1.807) is 0 Å². The lowest BCUT2D eigenvalue weighted by Crippen LogP contribution is -2.16. The van der Waals surface area contributed by atoms with Gasteiger partial charge in [-0.25, -0.2) is 17.2 Å². The number of nitrogens with two attached hydrogens (primary N) is 1. The van der Waals surface area contributed by atoms with E-state index in [1.807, 2.05) is 4.72 Å². The Kier molecular flexibility index (Phi) is 4.35. The second-order valence-electron chi connectivity index (χ2n) is 3.86. The van der Waals surface area contributed by atoms with Gasteiger partial charge < -0.3 is 5.73 Å². The van der Waals surface area contributed by atoms with E-state index < -0.39 is 32.2 Å². The number of nitrogen functional groups attached to an aromatic ring is 1. The highest BCUT2D eigenvalue weighted by molar-refractivity contribution is 9.10. The molecule has 1 aromatic heterocycles. The molecule has 1 heterocycles. The van der Waals surface area contributed by atoms with Crippen molar-refractivity contribution in [2.75, 3.05) is 10.5 Å². The summed E-state index contributed by atoms with van der Waals surface area (Å²) in [5.74, 6) is -2.09. The Morgan fingerprint density at radius 3 is 2.67 bits per heavy atom. The van der Waals surface area contributed by atoms with Crippen molar-refractivity contribution in [3.05, 3.63) is 45.7 Å². The fourth-order valence-electron chi connectivity index (χ4n) is 1.45. The Morgan fingerprint density at radius 1 is 1.38 bits per heavy atom. The molecule has 0 saturated carbocycles. The SMILES string of the molecule is Nc1c(F)c(S(=O)(=O)Nc2ccncc2F)cc(Cl)c1Br. The van der Waals surface area contributed by atoms with Crippen molar-refractivity contribution in [2.24, 2.45) is 0 Å². The minimum atomic E-state index is -4.41. The van der Waals surface area contributed by atoms with Crippen molar-refractivity contribution in [1.29, 1.82) is 0 Å². The van der Waals surface area contributed by atoms with Crippen LogP contribution in [0.25, 0.3) is 0 Å². The molecule has 0 saturated heterocycles. The molecule has 0 fully saturated rings. The average Bonchev–Trinajstić information content (AvgIpc) is 2.42. The molecule has 1 aromatic carbocycles. The van der Waals surface area contributed by atoms with Crippen molar-refractivity contribution < 1.29 is 17.2 Å². The Labute approximate surface area is 132 Å². The molecule has 0 bridgehead atoms. The summed E-state index contributed by atoms with van der Waals surface area (Å²) in [4.78, 5) is 2.69. The van der Waals surface area contributed by atoms with Gasteiger partial charge in [-0.05, 0) is 28.1 Å².